The molecule has 1 saturated heterocycles. The third-order valence-electron chi connectivity index (χ3n) is 4.36. The van der Waals surface area contributed by atoms with Crippen LogP contribution >= 0.6 is 0 Å². The number of carbonyl (C=O) groups excluding carboxylic acids is 1. The standard InChI is InChI=1S/C16H22N2O2/c1-2-15-13(6-8-20-15)10-18-16(19)12-4-3-11-5-7-17-14(11)9-12/h3-4,9,13,15,17H,2,5-8,10H2,1H3,(H,18,19). The molecule has 1 aromatic carbocycles. The summed E-state index contributed by atoms with van der Waals surface area (Å²) in [5, 5.41) is 6.36. The highest BCUT2D eigenvalue weighted by Crippen LogP contribution is 2.24. The summed E-state index contributed by atoms with van der Waals surface area (Å²) in [4.78, 5) is 12.2. The molecule has 0 radical (unpaired) electrons. The predicted octanol–water partition coefficient (Wildman–Crippen LogP) is 2.20. The zero-order valence-corrected chi connectivity index (χ0v) is 11.9. The summed E-state index contributed by atoms with van der Waals surface area (Å²) in [5.74, 6) is 0.472. The van der Waals surface area contributed by atoms with E-state index in [-0.39, 0.29) is 5.91 Å². The molecule has 0 aliphatic carbocycles. The van der Waals surface area contributed by atoms with Crippen LogP contribution in [-0.4, -0.2) is 31.7 Å². The Bertz CT molecular complexity index is 501. The van der Waals surface area contributed by atoms with Gasteiger partial charge in [0.15, 0.2) is 0 Å². The van der Waals surface area contributed by atoms with Crippen LogP contribution in [-0.2, 0) is 11.2 Å². The number of hydrogen-bond acceptors (Lipinski definition) is 3. The first kappa shape index (κ1) is 13.4. The second-order valence-corrected chi connectivity index (χ2v) is 5.62. The molecule has 2 unspecified atom stereocenters. The van der Waals surface area contributed by atoms with E-state index in [2.05, 4.69) is 23.6 Å². The van der Waals surface area contributed by atoms with Crippen LogP contribution in [0.2, 0.25) is 0 Å². The topological polar surface area (TPSA) is 50.4 Å². The predicted molar refractivity (Wildman–Crippen MR) is 79.1 cm³/mol. The Kier molecular flexibility index (Phi) is 3.92. The average molecular weight is 274 g/mol. The van der Waals surface area contributed by atoms with Crippen LogP contribution in [0.3, 0.4) is 0 Å². The van der Waals surface area contributed by atoms with E-state index in [0.29, 0.717) is 18.6 Å². The average Bonchev–Trinajstić information content (AvgIpc) is 3.12. The monoisotopic (exact) mass is 274 g/mol. The highest BCUT2D eigenvalue weighted by Gasteiger charge is 2.27. The summed E-state index contributed by atoms with van der Waals surface area (Å²) >= 11 is 0. The number of amides is 1. The van der Waals surface area contributed by atoms with Crippen molar-refractivity contribution in [2.24, 2.45) is 5.92 Å². The van der Waals surface area contributed by atoms with Crippen molar-refractivity contribution in [3.05, 3.63) is 29.3 Å². The first-order valence-electron chi connectivity index (χ1n) is 7.54. The molecular formula is C16H22N2O2. The number of anilines is 1. The maximum absolute atomic E-state index is 12.2. The van der Waals surface area contributed by atoms with Crippen LogP contribution in [0.25, 0.3) is 0 Å². The van der Waals surface area contributed by atoms with Gasteiger partial charge in [0.05, 0.1) is 6.10 Å². The number of carbonyl (C=O) groups is 1. The van der Waals surface area contributed by atoms with Crippen LogP contribution in [0.5, 0.6) is 0 Å². The Morgan fingerprint density at radius 2 is 2.40 bits per heavy atom. The van der Waals surface area contributed by atoms with E-state index >= 15 is 0 Å². The lowest BCUT2D eigenvalue weighted by Gasteiger charge is -2.17. The van der Waals surface area contributed by atoms with Crippen LogP contribution in [0, 0.1) is 5.92 Å². The van der Waals surface area contributed by atoms with Crippen LogP contribution < -0.4 is 10.6 Å². The molecule has 2 aliphatic rings. The Labute approximate surface area is 119 Å². The maximum Gasteiger partial charge on any atom is 0.251 e. The highest BCUT2D eigenvalue weighted by molar-refractivity contribution is 5.95. The lowest BCUT2D eigenvalue weighted by molar-refractivity contribution is 0.0827. The highest BCUT2D eigenvalue weighted by atomic mass is 16.5. The van der Waals surface area contributed by atoms with Gasteiger partial charge < -0.3 is 15.4 Å². The molecule has 0 bridgehead atoms. The van der Waals surface area contributed by atoms with Gasteiger partial charge in [0.1, 0.15) is 0 Å². The summed E-state index contributed by atoms with van der Waals surface area (Å²) < 4.78 is 5.65. The Hall–Kier alpha value is -1.55. The van der Waals surface area contributed by atoms with Crippen molar-refractivity contribution in [2.45, 2.75) is 32.3 Å². The molecule has 2 N–H and O–H groups in total. The lowest BCUT2D eigenvalue weighted by atomic mass is 9.99. The first-order valence-corrected chi connectivity index (χ1v) is 7.54. The van der Waals surface area contributed by atoms with Crippen molar-refractivity contribution in [3.8, 4) is 0 Å². The minimum absolute atomic E-state index is 0.0169. The zero-order chi connectivity index (χ0) is 13.9. The Morgan fingerprint density at radius 1 is 1.50 bits per heavy atom. The Balaban J connectivity index is 1.59. The molecule has 20 heavy (non-hydrogen) atoms. The fourth-order valence-corrected chi connectivity index (χ4v) is 3.14. The number of nitrogens with one attached hydrogen (secondary N) is 2. The number of hydrogen-bond donors (Lipinski definition) is 2. The molecule has 1 aromatic rings. The van der Waals surface area contributed by atoms with Gasteiger partial charge >= 0.3 is 0 Å². The smallest absolute Gasteiger partial charge is 0.251 e. The lowest BCUT2D eigenvalue weighted by Crippen LogP contribution is -2.32. The normalized spacial score (nSPS) is 24.2. The minimum Gasteiger partial charge on any atom is -0.384 e. The van der Waals surface area contributed by atoms with Gasteiger partial charge in [0, 0.05) is 36.9 Å². The van der Waals surface area contributed by atoms with Gasteiger partial charge in [-0.3, -0.25) is 4.79 Å². The number of benzene rings is 1. The molecule has 2 aliphatic heterocycles. The number of rotatable bonds is 4. The summed E-state index contributed by atoms with van der Waals surface area (Å²) in [6.45, 7) is 4.64. The fourth-order valence-electron chi connectivity index (χ4n) is 3.14. The number of ether oxygens (including phenoxy) is 1. The van der Waals surface area contributed by atoms with Crippen LogP contribution in [0.15, 0.2) is 18.2 Å². The van der Waals surface area contributed by atoms with Crippen molar-refractivity contribution < 1.29 is 9.53 Å². The maximum atomic E-state index is 12.2. The SMILES string of the molecule is CCC1OCCC1CNC(=O)c1ccc2c(c1)NCC2. The van der Waals surface area contributed by atoms with Crippen molar-refractivity contribution in [1.29, 1.82) is 0 Å². The molecule has 4 nitrogen and oxygen atoms in total. The Morgan fingerprint density at radius 3 is 3.25 bits per heavy atom. The van der Waals surface area contributed by atoms with E-state index in [0.717, 1.165) is 43.7 Å². The van der Waals surface area contributed by atoms with Gasteiger partial charge in [-0.1, -0.05) is 13.0 Å². The van der Waals surface area contributed by atoms with Gasteiger partial charge in [0.25, 0.3) is 5.91 Å². The molecule has 1 fully saturated rings. The van der Waals surface area contributed by atoms with Crippen LogP contribution in [0.1, 0.15) is 35.7 Å². The van der Waals surface area contributed by atoms with Crippen molar-refractivity contribution >= 4 is 11.6 Å². The van der Waals surface area contributed by atoms with E-state index in [1.165, 1.54) is 5.56 Å². The van der Waals surface area contributed by atoms with Crippen molar-refractivity contribution in [2.75, 3.05) is 25.0 Å². The molecule has 4 heteroatoms. The molecule has 0 saturated carbocycles. The van der Waals surface area contributed by atoms with E-state index in [1.807, 2.05) is 12.1 Å². The van der Waals surface area contributed by atoms with E-state index in [9.17, 15) is 4.79 Å². The summed E-state index contributed by atoms with van der Waals surface area (Å²) in [7, 11) is 0. The second kappa shape index (κ2) is 5.83. The van der Waals surface area contributed by atoms with E-state index in [1.54, 1.807) is 0 Å². The van der Waals surface area contributed by atoms with Crippen molar-refractivity contribution in [3.63, 3.8) is 0 Å². The molecule has 1 amide bonds. The third-order valence-corrected chi connectivity index (χ3v) is 4.36. The van der Waals surface area contributed by atoms with E-state index < -0.39 is 0 Å². The molecule has 0 spiro atoms. The fraction of sp³-hybridized carbons (Fsp3) is 0.562. The number of fused-ring (bicyclic) bond motifs is 1. The second-order valence-electron chi connectivity index (χ2n) is 5.62. The summed E-state index contributed by atoms with van der Waals surface area (Å²) in [5.41, 5.74) is 3.15. The van der Waals surface area contributed by atoms with Gasteiger partial charge in [-0.05, 0) is 37.0 Å². The molecule has 2 atom stereocenters. The molecule has 108 valence electrons. The van der Waals surface area contributed by atoms with Crippen LogP contribution in [0.4, 0.5) is 5.69 Å². The van der Waals surface area contributed by atoms with Gasteiger partial charge in [-0.15, -0.1) is 0 Å². The van der Waals surface area contributed by atoms with E-state index in [4.69, 9.17) is 4.74 Å². The van der Waals surface area contributed by atoms with Gasteiger partial charge in [-0.2, -0.15) is 0 Å². The van der Waals surface area contributed by atoms with Crippen molar-refractivity contribution in [1.82, 2.24) is 5.32 Å². The molecule has 0 aromatic heterocycles. The third kappa shape index (κ3) is 2.66. The molecule has 3 rings (SSSR count). The molecular weight excluding hydrogens is 252 g/mol. The zero-order valence-electron chi connectivity index (χ0n) is 11.9. The summed E-state index contributed by atoms with van der Waals surface area (Å²) in [6.07, 6.45) is 3.42. The first-order chi connectivity index (χ1) is 9.78. The van der Waals surface area contributed by atoms with Gasteiger partial charge in [-0.25, -0.2) is 0 Å². The molecule has 2 heterocycles. The van der Waals surface area contributed by atoms with Gasteiger partial charge in [0.2, 0.25) is 0 Å². The summed E-state index contributed by atoms with van der Waals surface area (Å²) in [6, 6.07) is 5.93. The minimum atomic E-state index is 0.0169. The quantitative estimate of drug-likeness (QED) is 0.885. The largest absolute Gasteiger partial charge is 0.384 e.